The molecule has 0 spiro atoms. The van der Waals surface area contributed by atoms with Gasteiger partial charge in [0.05, 0.1) is 74.8 Å². The van der Waals surface area contributed by atoms with Crippen LogP contribution in [0.3, 0.4) is 0 Å². The summed E-state index contributed by atoms with van der Waals surface area (Å²) in [4.78, 5) is 43.1. The smallest absolute Gasteiger partial charge is 0.168 e. The van der Waals surface area contributed by atoms with E-state index in [0.29, 0.717) is 145 Å². The lowest BCUT2D eigenvalue weighted by atomic mass is 10.1. The van der Waals surface area contributed by atoms with E-state index in [1.807, 2.05) is 0 Å². The first kappa shape index (κ1) is 120. The molecule has 9 rings (SSSR count). The lowest BCUT2D eigenvalue weighted by Crippen LogP contribution is -2.03. The highest BCUT2D eigenvalue weighted by molar-refractivity contribution is 6.12. The Balaban J connectivity index is 1.28. The van der Waals surface area contributed by atoms with Crippen LogP contribution in [-0.2, 0) is 0 Å². The zero-order valence-corrected chi connectivity index (χ0v) is 93.8. The minimum absolute atomic E-state index is 0.447. The predicted octanol–water partition coefficient (Wildman–Crippen LogP) is 41.3. The number of aromatic amines is 2. The van der Waals surface area contributed by atoms with E-state index in [9.17, 15) is 0 Å². The maximum absolute atomic E-state index is 7.25. The molecule has 0 aliphatic carbocycles. The summed E-state index contributed by atoms with van der Waals surface area (Å²) in [5, 5.41) is 3.17. The molecule has 0 saturated heterocycles. The highest BCUT2D eigenvalue weighted by atomic mass is 16.5. The number of unbranched alkanes of at least 4 members (excludes halogenated alkanes) is 72. The minimum atomic E-state index is 0.447. The molecule has 0 amide bonds. The summed E-state index contributed by atoms with van der Waals surface area (Å²) in [5.41, 5.74) is 5.26. The van der Waals surface area contributed by atoms with Crippen LogP contribution in [0.4, 0.5) is 0 Å². The monoisotopic (exact) mass is 1990 g/mol. The van der Waals surface area contributed by atoms with Gasteiger partial charge in [-0.1, -0.05) is 518 Å². The van der Waals surface area contributed by atoms with Gasteiger partial charge in [0.25, 0.3) is 0 Å². The molecule has 7 aromatic rings. The van der Waals surface area contributed by atoms with Crippen LogP contribution in [0.1, 0.15) is 569 Å². The number of H-pyrrole nitrogens is 2. The lowest BCUT2D eigenvalue weighted by molar-refractivity contribution is 0.258. The van der Waals surface area contributed by atoms with Crippen molar-refractivity contribution in [2.75, 3.05) is 52.9 Å². The first-order chi connectivity index (χ1) is 71.4. The van der Waals surface area contributed by atoms with Gasteiger partial charge in [0.1, 0.15) is 45.6 Å². The third kappa shape index (κ3) is 46.8. The lowest BCUT2D eigenvalue weighted by Gasteiger charge is -2.15. The van der Waals surface area contributed by atoms with Crippen molar-refractivity contribution in [2.45, 2.75) is 569 Å². The fourth-order valence-corrected chi connectivity index (χ4v) is 21.0. The molecule has 4 aromatic carbocycles. The Morgan fingerprint density at radius 1 is 0.160 bits per heavy atom. The molecule has 3 aromatic heterocycles. The summed E-state index contributed by atoms with van der Waals surface area (Å²) in [5.74, 6) is 7.39. The molecule has 0 saturated carbocycles. The third-order valence-electron chi connectivity index (χ3n) is 30.2. The van der Waals surface area contributed by atoms with Crippen LogP contribution in [0, 0.1) is 0 Å². The number of ether oxygens (including phenoxy) is 8. The van der Waals surface area contributed by atoms with E-state index in [4.69, 9.17) is 67.8 Å². The number of nitrogens with zero attached hydrogens (tertiary/aromatic N) is 6. The number of fused-ring (bicyclic) bond motifs is 20. The van der Waals surface area contributed by atoms with Gasteiger partial charge in [0, 0.05) is 21.9 Å². The highest BCUT2D eigenvalue weighted by Crippen LogP contribution is 2.50. The van der Waals surface area contributed by atoms with Gasteiger partial charge in [-0.15, -0.1) is 0 Å². The van der Waals surface area contributed by atoms with Gasteiger partial charge < -0.3 is 47.9 Å². The Morgan fingerprint density at radius 2 is 0.319 bits per heavy atom. The number of nitrogens with one attached hydrogen (secondary N) is 2. The van der Waals surface area contributed by atoms with Crippen LogP contribution in [-0.4, -0.2) is 92.7 Å². The van der Waals surface area contributed by atoms with Gasteiger partial charge >= 0.3 is 0 Å². The minimum Gasteiger partial charge on any atom is -0.493 e. The molecule has 2 aliphatic heterocycles. The molecule has 810 valence electrons. The molecule has 0 radical (unpaired) electrons. The molecule has 0 fully saturated rings. The molecule has 2 N–H and O–H groups in total. The van der Waals surface area contributed by atoms with E-state index in [1.165, 1.54) is 411 Å². The molecular formula is C128H210N8O8. The van der Waals surface area contributed by atoms with Crippen molar-refractivity contribution in [3.05, 3.63) is 48.5 Å². The van der Waals surface area contributed by atoms with Crippen molar-refractivity contribution in [3.63, 3.8) is 0 Å². The van der Waals surface area contributed by atoms with E-state index in [0.717, 1.165) is 147 Å². The van der Waals surface area contributed by atoms with Crippen LogP contribution in [0.15, 0.2) is 48.5 Å². The summed E-state index contributed by atoms with van der Waals surface area (Å²) in [6.07, 6.45) is 98.7. The number of hydrogen-bond donors (Lipinski definition) is 2. The maximum Gasteiger partial charge on any atom is 0.168 e. The number of rotatable bonds is 96. The van der Waals surface area contributed by atoms with Gasteiger partial charge in [-0.3, -0.25) is 0 Å². The SMILES string of the molecule is CCCCCCCCCCCCOc1cc2c(cc1OCCCCCCCCCCCC)-c1nc-2nc2[nH]c(nc3nc(nc4[nH]c(n1)c1c(OCCCCCCCCCCCC)ccc(OCCCCCCCCCCCC)c41)-c1c(OCCCCCCCCCCCC)ccc(OCCCCCCCCCCCC)c1-3)c1cc(OCCCCCCCCCCCC)c(OCCCCCCCCCCCC)cc21. The van der Waals surface area contributed by atoms with E-state index < -0.39 is 0 Å². The molecule has 2 aliphatic rings. The summed E-state index contributed by atoms with van der Waals surface area (Å²) >= 11 is 0. The molecule has 144 heavy (non-hydrogen) atoms. The Hall–Kier alpha value is -7.36. The van der Waals surface area contributed by atoms with E-state index >= 15 is 0 Å². The topological polar surface area (TPSA) is 183 Å². The second-order valence-electron chi connectivity index (χ2n) is 43.2. The van der Waals surface area contributed by atoms with Crippen LogP contribution < -0.4 is 37.9 Å². The van der Waals surface area contributed by atoms with Crippen LogP contribution in [0.25, 0.3) is 89.7 Å². The Kier molecular flexibility index (Phi) is 65.8. The molecule has 16 heteroatoms. The summed E-state index contributed by atoms with van der Waals surface area (Å²) in [7, 11) is 0. The number of aromatic nitrogens is 8. The fourth-order valence-electron chi connectivity index (χ4n) is 21.0. The summed E-state index contributed by atoms with van der Waals surface area (Å²) in [6, 6.07) is 17.1. The van der Waals surface area contributed by atoms with Crippen molar-refractivity contribution in [3.8, 4) is 91.5 Å². The van der Waals surface area contributed by atoms with Gasteiger partial charge in [-0.05, 0) is 99.9 Å². The molecule has 0 atom stereocenters. The largest absolute Gasteiger partial charge is 0.493 e. The second kappa shape index (κ2) is 78.8. The second-order valence-corrected chi connectivity index (χ2v) is 43.2. The Labute approximate surface area is 878 Å². The zero-order chi connectivity index (χ0) is 101. The first-order valence-electron chi connectivity index (χ1n) is 61.9. The van der Waals surface area contributed by atoms with Crippen molar-refractivity contribution < 1.29 is 37.9 Å². The van der Waals surface area contributed by atoms with E-state index in [2.05, 4.69) is 114 Å². The van der Waals surface area contributed by atoms with Crippen LogP contribution in [0.2, 0.25) is 0 Å². The Bertz CT molecular complexity index is 4610. The van der Waals surface area contributed by atoms with Crippen molar-refractivity contribution in [1.82, 2.24) is 39.9 Å². The molecule has 8 bridgehead atoms. The van der Waals surface area contributed by atoms with E-state index in [-0.39, 0.29) is 0 Å². The van der Waals surface area contributed by atoms with Gasteiger partial charge in [-0.25, -0.2) is 29.9 Å². The average Bonchev–Trinajstić information content (AvgIpc) is 1.58. The van der Waals surface area contributed by atoms with Crippen LogP contribution >= 0.6 is 0 Å². The Morgan fingerprint density at radius 3 is 0.549 bits per heavy atom. The van der Waals surface area contributed by atoms with Crippen molar-refractivity contribution in [2.24, 2.45) is 0 Å². The summed E-state index contributed by atoms with van der Waals surface area (Å²) < 4.78 is 57.5. The number of hydrogen-bond acceptors (Lipinski definition) is 14. The first-order valence-corrected chi connectivity index (χ1v) is 61.9. The quantitative estimate of drug-likeness (QED) is 0.0343. The summed E-state index contributed by atoms with van der Waals surface area (Å²) in [6.45, 7) is 22.8. The van der Waals surface area contributed by atoms with Crippen molar-refractivity contribution >= 4 is 44.1 Å². The number of benzene rings is 4. The van der Waals surface area contributed by atoms with Gasteiger partial charge in [0.15, 0.2) is 46.3 Å². The van der Waals surface area contributed by atoms with Crippen LogP contribution in [0.5, 0.6) is 46.0 Å². The average molecular weight is 1990 g/mol. The molecular weight excluding hydrogens is 1780 g/mol. The van der Waals surface area contributed by atoms with Gasteiger partial charge in [-0.2, -0.15) is 0 Å². The standard InChI is InChI=1S/C128H210N8O8/c1-9-17-25-33-41-49-57-65-73-81-93-137-109-89-91-111(139-95-83-75-67-59-51-43-35-27-19-11-3)119-117(109)125-132-123-107-103-115(143-99-87-79-71-63-55-47-39-31-23-15-7)113(141-97-85-77-69-61-53-45-37-29-21-13-5)101-105(107)121(130-123)129-122-106-102-114(142-98-86-78-70-62-54-46-38-30-22-14-6)116(144-100-88-80-72-64-56-48-40-32-24-16-8)104-108(106)124(131-122)133-126-118-110(138-94-82-74-66-58-50-42-34-26-18-10-2)90-92-112(120(118)128(135-126)136-127(119)134-125)140-96-84-76-68-60-52-44-36-28-20-12-4/h89-92,101-104H,9-88,93-100H2,1-8H3,(H2,129,130,131,132,133,134,135,136). The van der Waals surface area contributed by atoms with Gasteiger partial charge in [0.2, 0.25) is 0 Å². The normalized spacial score (nSPS) is 11.8. The van der Waals surface area contributed by atoms with Crippen molar-refractivity contribution in [1.29, 1.82) is 0 Å². The molecule has 16 nitrogen and oxygen atoms in total. The zero-order valence-electron chi connectivity index (χ0n) is 93.8. The third-order valence-corrected chi connectivity index (χ3v) is 30.2. The molecule has 0 unspecified atom stereocenters. The highest BCUT2D eigenvalue weighted by Gasteiger charge is 2.32. The molecule has 5 heterocycles. The van der Waals surface area contributed by atoms with E-state index in [1.54, 1.807) is 0 Å². The predicted molar refractivity (Wildman–Crippen MR) is 615 cm³/mol. The fraction of sp³-hybridized carbons (Fsp3) is 0.750. The maximum atomic E-state index is 7.25.